The van der Waals surface area contributed by atoms with E-state index >= 15 is 0 Å². The van der Waals surface area contributed by atoms with Crippen molar-refractivity contribution in [3.63, 3.8) is 0 Å². The van der Waals surface area contributed by atoms with Gasteiger partial charge >= 0.3 is 17.9 Å². The van der Waals surface area contributed by atoms with E-state index in [9.17, 15) is 14.4 Å². The molecular formula is C14H26N2O5. The molecule has 21 heavy (non-hydrogen) atoms. The fourth-order valence-electron chi connectivity index (χ4n) is 1.56. The molecule has 3 N–H and O–H groups in total. The van der Waals surface area contributed by atoms with Gasteiger partial charge in [-0.2, -0.15) is 0 Å². The first-order chi connectivity index (χ1) is 9.92. The standard InChI is InChI=1S/C14H26N2O5/c1-4-5-6-7-8-16-10(2)13(18)21-14(19)11(15)9-12(17)20-3/h10-11,16H,4-9,15H2,1-3H3/t10-,11-/m0/s1. The molecule has 0 amide bonds. The predicted octanol–water partition coefficient (Wildman–Crippen LogP) is 0.505. The number of esters is 3. The lowest BCUT2D eigenvalue weighted by molar-refractivity contribution is -0.163. The van der Waals surface area contributed by atoms with Crippen LogP contribution in [0.2, 0.25) is 0 Å². The molecule has 0 rings (SSSR count). The third-order valence-corrected chi connectivity index (χ3v) is 2.95. The smallest absolute Gasteiger partial charge is 0.331 e. The van der Waals surface area contributed by atoms with Gasteiger partial charge in [-0.15, -0.1) is 0 Å². The molecule has 7 heteroatoms. The number of methoxy groups -OCH3 is 1. The van der Waals surface area contributed by atoms with E-state index in [1.165, 1.54) is 7.11 Å². The summed E-state index contributed by atoms with van der Waals surface area (Å²) in [6, 6.07) is -1.79. The van der Waals surface area contributed by atoms with Crippen LogP contribution in [0.4, 0.5) is 0 Å². The van der Waals surface area contributed by atoms with Crippen LogP contribution in [0.3, 0.4) is 0 Å². The molecule has 0 aromatic carbocycles. The summed E-state index contributed by atoms with van der Waals surface area (Å²) in [6.45, 7) is 4.41. The molecular weight excluding hydrogens is 276 g/mol. The highest BCUT2D eigenvalue weighted by Gasteiger charge is 2.24. The summed E-state index contributed by atoms with van der Waals surface area (Å²) in [4.78, 5) is 34.1. The molecule has 0 aliphatic rings. The fraction of sp³-hybridized carbons (Fsp3) is 0.786. The molecule has 0 heterocycles. The van der Waals surface area contributed by atoms with Gasteiger partial charge in [0.2, 0.25) is 0 Å². The van der Waals surface area contributed by atoms with Crippen LogP contribution in [0.5, 0.6) is 0 Å². The van der Waals surface area contributed by atoms with Gasteiger partial charge in [0.1, 0.15) is 12.1 Å². The molecule has 0 bridgehead atoms. The van der Waals surface area contributed by atoms with Crippen molar-refractivity contribution >= 4 is 17.9 Å². The highest BCUT2D eigenvalue weighted by molar-refractivity contribution is 5.92. The highest BCUT2D eigenvalue weighted by Crippen LogP contribution is 2.00. The largest absolute Gasteiger partial charge is 0.469 e. The Kier molecular flexibility index (Phi) is 10.4. The van der Waals surface area contributed by atoms with E-state index < -0.39 is 30.0 Å². The molecule has 7 nitrogen and oxygen atoms in total. The lowest BCUT2D eigenvalue weighted by Crippen LogP contribution is -2.41. The number of hydrogen-bond acceptors (Lipinski definition) is 7. The van der Waals surface area contributed by atoms with E-state index in [1.54, 1.807) is 6.92 Å². The van der Waals surface area contributed by atoms with E-state index in [-0.39, 0.29) is 6.42 Å². The number of carbonyl (C=O) groups excluding carboxylic acids is 3. The third-order valence-electron chi connectivity index (χ3n) is 2.95. The zero-order valence-electron chi connectivity index (χ0n) is 13.0. The third kappa shape index (κ3) is 9.14. The Hall–Kier alpha value is -1.47. The summed E-state index contributed by atoms with van der Waals surface area (Å²) in [5, 5.41) is 2.98. The summed E-state index contributed by atoms with van der Waals surface area (Å²) in [7, 11) is 1.19. The Bertz CT molecular complexity index is 346. The van der Waals surface area contributed by atoms with Gasteiger partial charge in [-0.05, 0) is 19.9 Å². The zero-order valence-corrected chi connectivity index (χ0v) is 13.0. The number of carbonyl (C=O) groups is 3. The number of nitrogens with two attached hydrogens (primary N) is 1. The minimum atomic E-state index is -1.20. The van der Waals surface area contributed by atoms with Crippen molar-refractivity contribution in [3.05, 3.63) is 0 Å². The Morgan fingerprint density at radius 2 is 1.81 bits per heavy atom. The first kappa shape index (κ1) is 19.5. The summed E-state index contributed by atoms with van der Waals surface area (Å²) < 4.78 is 9.01. The zero-order chi connectivity index (χ0) is 16.3. The first-order valence-corrected chi connectivity index (χ1v) is 7.23. The van der Waals surface area contributed by atoms with Crippen molar-refractivity contribution in [2.45, 2.75) is 58.0 Å². The van der Waals surface area contributed by atoms with Crippen molar-refractivity contribution in [3.8, 4) is 0 Å². The van der Waals surface area contributed by atoms with Crippen LogP contribution in [0.25, 0.3) is 0 Å². The summed E-state index contributed by atoms with van der Waals surface area (Å²) in [6.07, 6.45) is 4.03. The number of hydrogen-bond donors (Lipinski definition) is 2. The number of unbranched alkanes of at least 4 members (excludes halogenated alkanes) is 3. The molecule has 0 aromatic heterocycles. The van der Waals surface area contributed by atoms with Crippen molar-refractivity contribution in [2.24, 2.45) is 5.73 Å². The molecule has 0 saturated heterocycles. The van der Waals surface area contributed by atoms with Crippen molar-refractivity contribution < 1.29 is 23.9 Å². The topological polar surface area (TPSA) is 108 Å². The maximum atomic E-state index is 11.7. The Morgan fingerprint density at radius 1 is 1.14 bits per heavy atom. The lowest BCUT2D eigenvalue weighted by atomic mass is 10.2. The summed E-state index contributed by atoms with van der Waals surface area (Å²) in [5.74, 6) is -2.25. The van der Waals surface area contributed by atoms with E-state index in [2.05, 4.69) is 21.7 Å². The van der Waals surface area contributed by atoms with Crippen molar-refractivity contribution in [1.29, 1.82) is 0 Å². The minimum absolute atomic E-state index is 0.318. The second-order valence-corrected chi connectivity index (χ2v) is 4.86. The summed E-state index contributed by atoms with van der Waals surface area (Å²) >= 11 is 0. The Morgan fingerprint density at radius 3 is 2.38 bits per heavy atom. The SMILES string of the molecule is CCCCCCN[C@@H](C)C(=O)OC(=O)[C@@H](N)CC(=O)OC. The molecule has 0 radical (unpaired) electrons. The van der Waals surface area contributed by atoms with Crippen LogP contribution >= 0.6 is 0 Å². The average Bonchev–Trinajstić information content (AvgIpc) is 2.46. The molecule has 0 fully saturated rings. The van der Waals surface area contributed by atoms with Gasteiger partial charge in [0.25, 0.3) is 0 Å². The molecule has 0 unspecified atom stereocenters. The average molecular weight is 302 g/mol. The van der Waals surface area contributed by atoms with Crippen LogP contribution in [0, 0.1) is 0 Å². The molecule has 0 spiro atoms. The Labute approximate surface area is 125 Å². The lowest BCUT2D eigenvalue weighted by Gasteiger charge is -2.14. The van der Waals surface area contributed by atoms with Gasteiger partial charge in [0.05, 0.1) is 13.5 Å². The molecule has 122 valence electrons. The van der Waals surface area contributed by atoms with E-state index in [1.807, 2.05) is 0 Å². The van der Waals surface area contributed by atoms with Crippen LogP contribution in [-0.2, 0) is 23.9 Å². The highest BCUT2D eigenvalue weighted by atomic mass is 16.6. The fourth-order valence-corrected chi connectivity index (χ4v) is 1.56. The number of nitrogens with one attached hydrogen (secondary N) is 1. The van der Waals surface area contributed by atoms with E-state index in [4.69, 9.17) is 5.73 Å². The van der Waals surface area contributed by atoms with Gasteiger partial charge in [-0.25, -0.2) is 9.59 Å². The quantitative estimate of drug-likeness (QED) is 0.344. The van der Waals surface area contributed by atoms with E-state index in [0.29, 0.717) is 6.54 Å². The molecule has 0 aliphatic carbocycles. The Balaban J connectivity index is 3.99. The van der Waals surface area contributed by atoms with Crippen molar-refractivity contribution in [2.75, 3.05) is 13.7 Å². The molecule has 0 saturated carbocycles. The van der Waals surface area contributed by atoms with E-state index in [0.717, 1.165) is 25.7 Å². The number of ether oxygens (including phenoxy) is 2. The molecule has 2 atom stereocenters. The van der Waals surface area contributed by atoms with Crippen LogP contribution in [0.1, 0.15) is 46.0 Å². The van der Waals surface area contributed by atoms with Gasteiger partial charge in [0, 0.05) is 0 Å². The number of rotatable bonds is 10. The van der Waals surface area contributed by atoms with Gasteiger partial charge in [-0.3, -0.25) is 4.79 Å². The van der Waals surface area contributed by atoms with Crippen LogP contribution < -0.4 is 11.1 Å². The second kappa shape index (κ2) is 11.2. The first-order valence-electron chi connectivity index (χ1n) is 7.23. The predicted molar refractivity (Wildman–Crippen MR) is 77.3 cm³/mol. The van der Waals surface area contributed by atoms with Gasteiger partial charge in [-0.1, -0.05) is 26.2 Å². The molecule has 0 aliphatic heterocycles. The van der Waals surface area contributed by atoms with Gasteiger partial charge < -0.3 is 20.5 Å². The van der Waals surface area contributed by atoms with Crippen molar-refractivity contribution in [1.82, 2.24) is 5.32 Å². The maximum Gasteiger partial charge on any atom is 0.331 e. The van der Waals surface area contributed by atoms with Crippen LogP contribution in [-0.4, -0.2) is 43.6 Å². The van der Waals surface area contributed by atoms with Crippen LogP contribution in [0.15, 0.2) is 0 Å². The van der Waals surface area contributed by atoms with Gasteiger partial charge in [0.15, 0.2) is 0 Å². The minimum Gasteiger partial charge on any atom is -0.469 e. The monoisotopic (exact) mass is 302 g/mol. The normalized spacial score (nSPS) is 13.3. The second-order valence-electron chi connectivity index (χ2n) is 4.86. The summed E-state index contributed by atoms with van der Waals surface area (Å²) in [5.41, 5.74) is 5.45. The molecule has 0 aromatic rings. The maximum absolute atomic E-state index is 11.7.